The first-order valence-electron chi connectivity index (χ1n) is 16.1. The Balaban J connectivity index is 1.26. The highest BCUT2D eigenvalue weighted by Gasteiger charge is 2.26. The number of pyridine rings is 2. The monoisotopic (exact) mass is 603 g/mol. The molecular formula is C40H37N5O. The number of aromatic nitrogens is 3. The highest BCUT2D eigenvalue weighted by molar-refractivity contribution is 6.12. The molecule has 4 aromatic carbocycles. The number of rotatable bonds is 6. The van der Waals surface area contributed by atoms with Gasteiger partial charge in [0, 0.05) is 41.3 Å². The Morgan fingerprint density at radius 2 is 1.46 bits per heavy atom. The number of fused-ring (bicyclic) bond motifs is 7. The van der Waals surface area contributed by atoms with Gasteiger partial charge in [0.05, 0.1) is 29.8 Å². The third-order valence-electron chi connectivity index (χ3n) is 9.21. The van der Waals surface area contributed by atoms with Crippen molar-refractivity contribution in [2.24, 2.45) is 0 Å². The molecule has 0 atom stereocenters. The molecule has 46 heavy (non-hydrogen) atoms. The second-order valence-corrected chi connectivity index (χ2v) is 12.9. The molecule has 0 bridgehead atoms. The summed E-state index contributed by atoms with van der Waals surface area (Å²) in [5.74, 6) is 3.27. The van der Waals surface area contributed by atoms with Crippen LogP contribution in [-0.4, -0.2) is 28.1 Å². The fourth-order valence-corrected chi connectivity index (χ4v) is 7.02. The number of benzene rings is 4. The molecule has 7 aromatic rings. The Morgan fingerprint density at radius 3 is 2.26 bits per heavy atom. The van der Waals surface area contributed by atoms with Crippen LogP contribution in [0.15, 0.2) is 109 Å². The van der Waals surface area contributed by atoms with Crippen molar-refractivity contribution >= 4 is 44.5 Å². The zero-order valence-electron chi connectivity index (χ0n) is 26.9. The normalized spacial score (nSPS) is 13.1. The van der Waals surface area contributed by atoms with E-state index in [0.29, 0.717) is 11.8 Å². The maximum absolute atomic E-state index is 6.56. The van der Waals surface area contributed by atoms with Gasteiger partial charge in [-0.05, 0) is 76.9 Å². The minimum Gasteiger partial charge on any atom is -0.457 e. The van der Waals surface area contributed by atoms with E-state index in [0.717, 1.165) is 63.0 Å². The Hall–Kier alpha value is -5.36. The van der Waals surface area contributed by atoms with E-state index in [1.807, 2.05) is 24.4 Å². The standard InChI is InChI=1S/C40H37N5O/c1-25(2)30-14-9-15-31(26(3)4)38(30)37-23-42-39-34-22-29(18-19-32(34)33-13-6-7-16-35(33)45(37)39)46-28-12-8-11-27(21-28)44-24-43(5)36-17-10-20-41-40(36)44/h6-23,25-26H,24H2,1-5H3. The van der Waals surface area contributed by atoms with E-state index in [1.165, 1.54) is 22.1 Å². The summed E-state index contributed by atoms with van der Waals surface area (Å²) in [7, 11) is 2.09. The van der Waals surface area contributed by atoms with Crippen LogP contribution in [0.3, 0.4) is 0 Å². The van der Waals surface area contributed by atoms with Crippen molar-refractivity contribution in [1.82, 2.24) is 14.4 Å². The van der Waals surface area contributed by atoms with Gasteiger partial charge in [0.1, 0.15) is 17.1 Å². The lowest BCUT2D eigenvalue weighted by Gasteiger charge is -2.20. The Morgan fingerprint density at radius 1 is 0.696 bits per heavy atom. The van der Waals surface area contributed by atoms with Gasteiger partial charge in [0.2, 0.25) is 0 Å². The van der Waals surface area contributed by atoms with Crippen molar-refractivity contribution in [3.63, 3.8) is 0 Å². The van der Waals surface area contributed by atoms with E-state index in [4.69, 9.17) is 9.72 Å². The van der Waals surface area contributed by atoms with Crippen molar-refractivity contribution in [2.75, 3.05) is 23.5 Å². The number of imidazole rings is 1. The van der Waals surface area contributed by atoms with Crippen LogP contribution in [-0.2, 0) is 0 Å². The summed E-state index contributed by atoms with van der Waals surface area (Å²) in [4.78, 5) is 14.2. The number of ether oxygens (including phenoxy) is 1. The first kappa shape index (κ1) is 28.1. The maximum Gasteiger partial charge on any atom is 0.158 e. The van der Waals surface area contributed by atoms with Gasteiger partial charge in [-0.25, -0.2) is 9.97 Å². The second-order valence-electron chi connectivity index (χ2n) is 12.9. The molecule has 6 heteroatoms. The summed E-state index contributed by atoms with van der Waals surface area (Å²) < 4.78 is 8.91. The molecule has 0 saturated heterocycles. The minimum atomic E-state index is 0.381. The predicted molar refractivity (Wildman–Crippen MR) is 190 cm³/mol. The summed E-state index contributed by atoms with van der Waals surface area (Å²) in [6.45, 7) is 9.83. The third kappa shape index (κ3) is 4.47. The van der Waals surface area contributed by atoms with Crippen LogP contribution in [0.1, 0.15) is 50.7 Å². The van der Waals surface area contributed by atoms with Crippen molar-refractivity contribution in [1.29, 1.82) is 0 Å². The van der Waals surface area contributed by atoms with Crippen LogP contribution < -0.4 is 14.5 Å². The SMILES string of the molecule is CC(C)c1cccc(C(C)C)c1-c1cnc2c3cc(Oc4cccc(N5CN(C)c6cccnc65)c4)ccc3c3ccccc3n12. The summed E-state index contributed by atoms with van der Waals surface area (Å²) in [6, 6.07) is 34.1. The summed E-state index contributed by atoms with van der Waals surface area (Å²) in [5.41, 5.74) is 9.35. The smallest absolute Gasteiger partial charge is 0.158 e. The van der Waals surface area contributed by atoms with Crippen molar-refractivity contribution in [3.8, 4) is 22.8 Å². The summed E-state index contributed by atoms with van der Waals surface area (Å²) >= 11 is 0. The molecule has 0 amide bonds. The van der Waals surface area contributed by atoms with Gasteiger partial charge in [-0.2, -0.15) is 0 Å². The average Bonchev–Trinajstić information content (AvgIpc) is 3.66. The topological polar surface area (TPSA) is 45.9 Å². The fourth-order valence-electron chi connectivity index (χ4n) is 7.02. The molecule has 0 fully saturated rings. The lowest BCUT2D eigenvalue weighted by Crippen LogP contribution is -2.24. The fraction of sp³-hybridized carbons (Fsp3) is 0.200. The molecule has 6 nitrogen and oxygen atoms in total. The van der Waals surface area contributed by atoms with Gasteiger partial charge in [0.15, 0.2) is 5.82 Å². The first-order valence-corrected chi connectivity index (χ1v) is 16.1. The molecule has 0 radical (unpaired) electrons. The molecule has 8 rings (SSSR count). The van der Waals surface area contributed by atoms with Crippen LogP contribution in [0.4, 0.5) is 17.2 Å². The highest BCUT2D eigenvalue weighted by Crippen LogP contribution is 2.42. The van der Waals surface area contributed by atoms with Gasteiger partial charge in [-0.1, -0.05) is 70.2 Å². The van der Waals surface area contributed by atoms with Gasteiger partial charge >= 0.3 is 0 Å². The Labute approximate surface area is 269 Å². The molecule has 0 N–H and O–H groups in total. The lowest BCUT2D eigenvalue weighted by molar-refractivity contribution is 0.483. The molecule has 0 unspecified atom stereocenters. The summed E-state index contributed by atoms with van der Waals surface area (Å²) in [5, 5.41) is 3.41. The minimum absolute atomic E-state index is 0.381. The zero-order chi connectivity index (χ0) is 31.5. The van der Waals surface area contributed by atoms with Crippen molar-refractivity contribution < 1.29 is 4.74 Å². The van der Waals surface area contributed by atoms with Crippen LogP contribution >= 0.6 is 0 Å². The van der Waals surface area contributed by atoms with Crippen molar-refractivity contribution in [3.05, 3.63) is 121 Å². The van der Waals surface area contributed by atoms with Crippen LogP contribution in [0, 0.1) is 0 Å². The van der Waals surface area contributed by atoms with Crippen LogP contribution in [0.5, 0.6) is 11.5 Å². The maximum atomic E-state index is 6.56. The van der Waals surface area contributed by atoms with Crippen LogP contribution in [0.2, 0.25) is 0 Å². The second kappa shape index (κ2) is 10.9. The van der Waals surface area contributed by atoms with E-state index in [1.54, 1.807) is 0 Å². The number of nitrogens with zero attached hydrogens (tertiary/aromatic N) is 5. The number of hydrogen-bond donors (Lipinski definition) is 0. The van der Waals surface area contributed by atoms with Gasteiger partial charge in [-0.15, -0.1) is 0 Å². The first-order chi connectivity index (χ1) is 22.4. The Kier molecular flexibility index (Phi) is 6.68. The van der Waals surface area contributed by atoms with E-state index >= 15 is 0 Å². The molecule has 228 valence electrons. The van der Waals surface area contributed by atoms with Gasteiger partial charge in [0.25, 0.3) is 0 Å². The molecule has 4 heterocycles. The quantitative estimate of drug-likeness (QED) is 0.177. The van der Waals surface area contributed by atoms with Gasteiger partial charge < -0.3 is 14.5 Å². The van der Waals surface area contributed by atoms with E-state index in [9.17, 15) is 0 Å². The zero-order valence-corrected chi connectivity index (χ0v) is 26.9. The molecule has 3 aromatic heterocycles. The average molecular weight is 604 g/mol. The third-order valence-corrected chi connectivity index (χ3v) is 9.21. The largest absolute Gasteiger partial charge is 0.457 e. The number of hydrogen-bond acceptors (Lipinski definition) is 5. The molecular weight excluding hydrogens is 566 g/mol. The van der Waals surface area contributed by atoms with Crippen LogP contribution in [0.25, 0.3) is 38.6 Å². The predicted octanol–water partition coefficient (Wildman–Crippen LogP) is 10.3. The molecule has 0 spiro atoms. The number of para-hydroxylation sites is 1. The molecule has 0 aliphatic carbocycles. The van der Waals surface area contributed by atoms with E-state index in [2.05, 4.69) is 139 Å². The van der Waals surface area contributed by atoms with E-state index in [-0.39, 0.29) is 0 Å². The van der Waals surface area contributed by atoms with Gasteiger partial charge in [-0.3, -0.25) is 4.40 Å². The highest BCUT2D eigenvalue weighted by atomic mass is 16.5. The molecule has 0 saturated carbocycles. The molecule has 1 aliphatic heterocycles. The molecule has 1 aliphatic rings. The van der Waals surface area contributed by atoms with Crippen molar-refractivity contribution in [2.45, 2.75) is 39.5 Å². The Bertz CT molecular complexity index is 2240. The van der Waals surface area contributed by atoms with E-state index < -0.39 is 0 Å². The summed E-state index contributed by atoms with van der Waals surface area (Å²) in [6.07, 6.45) is 3.90. The number of anilines is 3. The lowest BCUT2D eigenvalue weighted by atomic mass is 9.87.